The molecule has 0 saturated carbocycles. The van der Waals surface area contributed by atoms with Crippen molar-refractivity contribution in [2.75, 3.05) is 18.8 Å². The Hall–Kier alpha value is -3.15. The van der Waals surface area contributed by atoms with Crippen molar-refractivity contribution in [1.29, 1.82) is 5.26 Å². The predicted molar refractivity (Wildman–Crippen MR) is 91.8 cm³/mol. The lowest BCUT2D eigenvalue weighted by molar-refractivity contribution is 0.230. The van der Waals surface area contributed by atoms with Crippen LogP contribution in [0.4, 0.5) is 5.82 Å². The number of nitrogen functional groups attached to an aromatic ring is 1. The fourth-order valence-electron chi connectivity index (χ4n) is 3.36. The number of fused-ring (bicyclic) bond motifs is 1. The van der Waals surface area contributed by atoms with Crippen molar-refractivity contribution < 1.29 is 0 Å². The minimum absolute atomic E-state index is 0.425. The minimum atomic E-state index is 0.425. The Bertz CT molecular complexity index is 940. The van der Waals surface area contributed by atoms with Crippen LogP contribution < -0.4 is 5.73 Å². The fraction of sp³-hybridized carbons (Fsp3) is 0.438. The molecule has 0 unspecified atom stereocenters. The summed E-state index contributed by atoms with van der Waals surface area (Å²) in [5.41, 5.74) is 8.51. The topological polar surface area (TPSA) is 114 Å². The standard InChI is InChI=1S/C16H19N9/c1-23-8-12(6-21-23)14-13-15(18)19-10-20-16(13)25(22-14)7-11-2-4-24(9-17)5-3-11/h6,8,10-11H,2-5,7H2,1H3,(H2,18,19,20). The van der Waals surface area contributed by atoms with Crippen LogP contribution in [0.25, 0.3) is 22.3 Å². The Labute approximate surface area is 144 Å². The van der Waals surface area contributed by atoms with E-state index >= 15 is 0 Å². The number of hydrogen-bond acceptors (Lipinski definition) is 7. The zero-order valence-corrected chi connectivity index (χ0v) is 14.0. The van der Waals surface area contributed by atoms with Gasteiger partial charge in [-0.05, 0) is 18.8 Å². The second-order valence-corrected chi connectivity index (χ2v) is 6.42. The van der Waals surface area contributed by atoms with E-state index in [0.717, 1.165) is 54.8 Å². The van der Waals surface area contributed by atoms with Crippen LogP contribution >= 0.6 is 0 Å². The molecule has 25 heavy (non-hydrogen) atoms. The number of aryl methyl sites for hydroxylation is 1. The van der Waals surface area contributed by atoms with Gasteiger partial charge in [0.25, 0.3) is 0 Å². The number of hydrogen-bond donors (Lipinski definition) is 1. The predicted octanol–water partition coefficient (Wildman–Crippen LogP) is 1.00. The maximum Gasteiger partial charge on any atom is 0.179 e. The summed E-state index contributed by atoms with van der Waals surface area (Å²) in [6, 6.07) is 0. The van der Waals surface area contributed by atoms with E-state index in [1.54, 1.807) is 15.8 Å². The Morgan fingerprint density at radius 1 is 1.32 bits per heavy atom. The lowest BCUT2D eigenvalue weighted by atomic mass is 9.97. The molecule has 0 bridgehead atoms. The van der Waals surface area contributed by atoms with E-state index in [1.807, 2.05) is 17.9 Å². The Balaban J connectivity index is 1.70. The summed E-state index contributed by atoms with van der Waals surface area (Å²) in [6.45, 7) is 2.35. The monoisotopic (exact) mass is 337 g/mol. The van der Waals surface area contributed by atoms with Crippen molar-refractivity contribution in [2.24, 2.45) is 13.0 Å². The Morgan fingerprint density at radius 3 is 2.80 bits per heavy atom. The van der Waals surface area contributed by atoms with E-state index in [-0.39, 0.29) is 0 Å². The first-order chi connectivity index (χ1) is 12.2. The van der Waals surface area contributed by atoms with E-state index in [1.165, 1.54) is 6.33 Å². The molecule has 0 aliphatic carbocycles. The molecule has 0 aromatic carbocycles. The van der Waals surface area contributed by atoms with Crippen LogP contribution in [0, 0.1) is 17.4 Å². The summed E-state index contributed by atoms with van der Waals surface area (Å²) in [7, 11) is 1.87. The van der Waals surface area contributed by atoms with Gasteiger partial charge in [0.05, 0.1) is 11.6 Å². The van der Waals surface area contributed by atoms with E-state index in [4.69, 9.17) is 16.1 Å². The smallest absolute Gasteiger partial charge is 0.179 e. The summed E-state index contributed by atoms with van der Waals surface area (Å²) < 4.78 is 3.65. The minimum Gasteiger partial charge on any atom is -0.383 e. The van der Waals surface area contributed by atoms with Crippen LogP contribution in [0.15, 0.2) is 18.7 Å². The molecule has 4 heterocycles. The quantitative estimate of drug-likeness (QED) is 0.709. The third-order valence-electron chi connectivity index (χ3n) is 4.72. The molecule has 0 radical (unpaired) electrons. The van der Waals surface area contributed by atoms with E-state index < -0.39 is 0 Å². The van der Waals surface area contributed by atoms with Gasteiger partial charge in [-0.1, -0.05) is 0 Å². The molecular formula is C16H19N9. The van der Waals surface area contributed by atoms with Crippen molar-refractivity contribution in [3.8, 4) is 17.5 Å². The number of rotatable bonds is 3. The first-order valence-electron chi connectivity index (χ1n) is 8.26. The lowest BCUT2D eigenvalue weighted by Crippen LogP contribution is -2.31. The van der Waals surface area contributed by atoms with Crippen LogP contribution in [0.3, 0.4) is 0 Å². The van der Waals surface area contributed by atoms with Crippen molar-refractivity contribution in [3.63, 3.8) is 0 Å². The van der Waals surface area contributed by atoms with E-state index in [2.05, 4.69) is 21.3 Å². The molecule has 3 aromatic rings. The highest BCUT2D eigenvalue weighted by atomic mass is 15.3. The molecule has 128 valence electrons. The highest BCUT2D eigenvalue weighted by Crippen LogP contribution is 2.30. The molecule has 9 nitrogen and oxygen atoms in total. The van der Waals surface area contributed by atoms with Gasteiger partial charge in [-0.15, -0.1) is 0 Å². The molecule has 1 aliphatic heterocycles. The number of anilines is 1. The summed E-state index contributed by atoms with van der Waals surface area (Å²) in [4.78, 5) is 10.3. The van der Waals surface area contributed by atoms with Gasteiger partial charge < -0.3 is 10.6 Å². The summed E-state index contributed by atoms with van der Waals surface area (Å²) in [6.07, 6.45) is 9.31. The number of likely N-dealkylation sites (tertiary alicyclic amines) is 1. The third kappa shape index (κ3) is 2.76. The first-order valence-corrected chi connectivity index (χ1v) is 8.26. The maximum atomic E-state index is 8.99. The van der Waals surface area contributed by atoms with Crippen molar-refractivity contribution in [3.05, 3.63) is 18.7 Å². The van der Waals surface area contributed by atoms with Gasteiger partial charge in [0.1, 0.15) is 17.8 Å². The summed E-state index contributed by atoms with van der Waals surface area (Å²) in [5.74, 6) is 0.889. The molecule has 0 amide bonds. The van der Waals surface area contributed by atoms with Gasteiger partial charge in [0.15, 0.2) is 11.8 Å². The largest absolute Gasteiger partial charge is 0.383 e. The zero-order valence-electron chi connectivity index (χ0n) is 14.0. The number of nitrogens with zero attached hydrogens (tertiary/aromatic N) is 8. The van der Waals surface area contributed by atoms with E-state index in [0.29, 0.717) is 11.7 Å². The average Bonchev–Trinajstić information content (AvgIpc) is 3.20. The van der Waals surface area contributed by atoms with Gasteiger partial charge in [0.2, 0.25) is 0 Å². The van der Waals surface area contributed by atoms with Gasteiger partial charge in [-0.25, -0.2) is 14.6 Å². The fourth-order valence-corrected chi connectivity index (χ4v) is 3.36. The average molecular weight is 337 g/mol. The van der Waals surface area contributed by atoms with Crippen LogP contribution in [0.1, 0.15) is 12.8 Å². The molecule has 1 fully saturated rings. The molecule has 3 aromatic heterocycles. The number of nitrogens with two attached hydrogens (primary N) is 1. The van der Waals surface area contributed by atoms with Crippen LogP contribution in [0.2, 0.25) is 0 Å². The number of aromatic nitrogens is 6. The Morgan fingerprint density at radius 2 is 2.12 bits per heavy atom. The normalized spacial score (nSPS) is 15.6. The summed E-state index contributed by atoms with van der Waals surface area (Å²) >= 11 is 0. The highest BCUT2D eigenvalue weighted by Gasteiger charge is 2.23. The molecule has 4 rings (SSSR count). The third-order valence-corrected chi connectivity index (χ3v) is 4.72. The molecule has 9 heteroatoms. The SMILES string of the molecule is Cn1cc(-c2nn(CC3CCN(C#N)CC3)c3ncnc(N)c23)cn1. The number of piperidine rings is 1. The van der Waals surface area contributed by atoms with Crippen LogP contribution in [0.5, 0.6) is 0 Å². The van der Waals surface area contributed by atoms with Gasteiger partial charge in [0, 0.05) is 38.4 Å². The second-order valence-electron chi connectivity index (χ2n) is 6.42. The van der Waals surface area contributed by atoms with E-state index in [9.17, 15) is 0 Å². The lowest BCUT2D eigenvalue weighted by Gasteiger charge is -2.27. The van der Waals surface area contributed by atoms with Crippen molar-refractivity contribution >= 4 is 16.9 Å². The molecule has 2 N–H and O–H groups in total. The van der Waals surface area contributed by atoms with Crippen LogP contribution in [-0.4, -0.2) is 47.5 Å². The summed E-state index contributed by atoms with van der Waals surface area (Å²) in [5, 5.41) is 18.7. The number of nitriles is 1. The Kier molecular flexibility index (Phi) is 3.72. The second kappa shape index (κ2) is 6.05. The van der Waals surface area contributed by atoms with Crippen molar-refractivity contribution in [1.82, 2.24) is 34.4 Å². The molecular weight excluding hydrogens is 318 g/mol. The first kappa shape index (κ1) is 15.4. The molecule has 0 atom stereocenters. The highest BCUT2D eigenvalue weighted by molar-refractivity contribution is 5.97. The van der Waals surface area contributed by atoms with Crippen molar-refractivity contribution in [2.45, 2.75) is 19.4 Å². The van der Waals surface area contributed by atoms with Crippen LogP contribution in [-0.2, 0) is 13.6 Å². The maximum absolute atomic E-state index is 8.99. The van der Waals surface area contributed by atoms with Gasteiger partial charge in [-0.3, -0.25) is 4.68 Å². The molecule has 0 spiro atoms. The zero-order chi connectivity index (χ0) is 17.4. The van der Waals surface area contributed by atoms with Gasteiger partial charge in [-0.2, -0.15) is 15.5 Å². The molecule has 1 aliphatic rings. The molecule has 1 saturated heterocycles. The van der Waals surface area contributed by atoms with Gasteiger partial charge >= 0.3 is 0 Å².